The first-order chi connectivity index (χ1) is 16.8. The normalized spacial score (nSPS) is 12.1. The van der Waals surface area contributed by atoms with Gasteiger partial charge in [0.15, 0.2) is 0 Å². The molecule has 0 saturated carbocycles. The van der Waals surface area contributed by atoms with Crippen LogP contribution in [-0.2, 0) is 26.2 Å². The topological polar surface area (TPSA) is 6.48 Å². The summed E-state index contributed by atoms with van der Waals surface area (Å²) >= 11 is 0. The van der Waals surface area contributed by atoms with E-state index >= 15 is 0 Å². The van der Waals surface area contributed by atoms with Crippen molar-refractivity contribution in [2.24, 2.45) is 0 Å². The van der Waals surface area contributed by atoms with E-state index in [-0.39, 0.29) is 6.04 Å². The largest absolute Gasteiger partial charge is 0.293 e. The van der Waals surface area contributed by atoms with Crippen LogP contribution in [0, 0.1) is 0 Å². The van der Waals surface area contributed by atoms with Crippen LogP contribution >= 0.6 is 0 Å². The highest BCUT2D eigenvalue weighted by Crippen LogP contribution is 2.18. The van der Waals surface area contributed by atoms with Crippen molar-refractivity contribution >= 4 is 0 Å². The molecule has 2 heteroatoms. The predicted molar refractivity (Wildman–Crippen MR) is 143 cm³/mol. The highest BCUT2D eigenvalue weighted by Gasteiger charge is 2.20. The summed E-state index contributed by atoms with van der Waals surface area (Å²) in [5.41, 5.74) is 5.31. The summed E-state index contributed by atoms with van der Waals surface area (Å²) < 4.78 is 0. The van der Waals surface area contributed by atoms with Crippen LogP contribution in [0.2, 0.25) is 0 Å². The van der Waals surface area contributed by atoms with Gasteiger partial charge in [0.1, 0.15) is 0 Å². The lowest BCUT2D eigenvalue weighted by atomic mass is 10.1. The fourth-order valence-electron chi connectivity index (χ4n) is 4.40. The minimum Gasteiger partial charge on any atom is -0.293 e. The van der Waals surface area contributed by atoms with Gasteiger partial charge >= 0.3 is 0 Å². The van der Waals surface area contributed by atoms with E-state index in [0.717, 1.165) is 32.7 Å². The van der Waals surface area contributed by atoms with Gasteiger partial charge in [-0.2, -0.15) is 0 Å². The van der Waals surface area contributed by atoms with Crippen molar-refractivity contribution in [2.45, 2.75) is 32.2 Å². The van der Waals surface area contributed by atoms with Crippen molar-refractivity contribution in [3.63, 3.8) is 0 Å². The first kappa shape index (κ1) is 23.7. The van der Waals surface area contributed by atoms with E-state index in [0.29, 0.717) is 0 Å². The van der Waals surface area contributed by atoms with Crippen LogP contribution in [-0.4, -0.2) is 22.4 Å². The SMILES string of the molecule is C=CC(CN(Cc1ccccc1)Cc1ccccc1)N(Cc1ccccc1)Cc1ccccc1. The third-order valence-corrected chi connectivity index (χ3v) is 6.14. The van der Waals surface area contributed by atoms with E-state index in [4.69, 9.17) is 0 Å². The minimum atomic E-state index is 0.216. The molecule has 0 saturated heterocycles. The Labute approximate surface area is 204 Å². The summed E-state index contributed by atoms with van der Waals surface area (Å²) in [4.78, 5) is 5.08. The molecule has 4 aromatic rings. The van der Waals surface area contributed by atoms with Crippen molar-refractivity contribution in [2.75, 3.05) is 6.54 Å². The molecule has 0 N–H and O–H groups in total. The van der Waals surface area contributed by atoms with Crippen LogP contribution in [0.1, 0.15) is 22.3 Å². The minimum absolute atomic E-state index is 0.216. The summed E-state index contributed by atoms with van der Waals surface area (Å²) in [5.74, 6) is 0. The highest BCUT2D eigenvalue weighted by molar-refractivity contribution is 5.20. The van der Waals surface area contributed by atoms with E-state index in [1.165, 1.54) is 22.3 Å². The molecule has 1 unspecified atom stereocenters. The number of hydrogen-bond acceptors (Lipinski definition) is 2. The molecule has 0 amide bonds. The molecular weight excluding hydrogens is 412 g/mol. The summed E-state index contributed by atoms with van der Waals surface area (Å²) in [6.07, 6.45) is 2.12. The molecule has 4 aromatic carbocycles. The molecule has 1 atom stereocenters. The maximum Gasteiger partial charge on any atom is 0.0410 e. The third-order valence-electron chi connectivity index (χ3n) is 6.14. The standard InChI is InChI=1S/C32H34N2/c1-2-32(34(25-30-19-11-5-12-20-30)26-31-21-13-6-14-22-31)27-33(23-28-15-7-3-8-16-28)24-29-17-9-4-10-18-29/h2-22,32H,1,23-27H2. The summed E-state index contributed by atoms with van der Waals surface area (Å²) in [6.45, 7) is 8.76. The lowest BCUT2D eigenvalue weighted by molar-refractivity contribution is 0.143. The number of hydrogen-bond donors (Lipinski definition) is 0. The average molecular weight is 447 g/mol. The van der Waals surface area contributed by atoms with Gasteiger partial charge in [-0.3, -0.25) is 9.80 Å². The third kappa shape index (κ3) is 7.28. The van der Waals surface area contributed by atoms with Gasteiger partial charge in [-0.25, -0.2) is 0 Å². The Bertz CT molecular complexity index is 1010. The first-order valence-electron chi connectivity index (χ1n) is 12.0. The summed E-state index contributed by atoms with van der Waals surface area (Å²) in [5, 5.41) is 0. The van der Waals surface area contributed by atoms with Gasteiger partial charge < -0.3 is 0 Å². The molecule has 0 bridgehead atoms. The van der Waals surface area contributed by atoms with Crippen LogP contribution < -0.4 is 0 Å². The quantitative estimate of drug-likeness (QED) is 0.217. The maximum absolute atomic E-state index is 4.26. The molecule has 2 nitrogen and oxygen atoms in total. The van der Waals surface area contributed by atoms with E-state index in [2.05, 4.69) is 144 Å². The van der Waals surface area contributed by atoms with Crippen LogP contribution in [0.5, 0.6) is 0 Å². The van der Waals surface area contributed by atoms with Crippen molar-refractivity contribution in [3.05, 3.63) is 156 Å². The fourth-order valence-corrected chi connectivity index (χ4v) is 4.40. The van der Waals surface area contributed by atoms with Crippen LogP contribution in [0.4, 0.5) is 0 Å². The molecule has 0 aromatic heterocycles. The zero-order valence-electron chi connectivity index (χ0n) is 19.8. The maximum atomic E-state index is 4.26. The van der Waals surface area contributed by atoms with Gasteiger partial charge in [-0.05, 0) is 22.3 Å². The average Bonchev–Trinajstić information content (AvgIpc) is 2.89. The number of rotatable bonds is 12. The Morgan fingerprint density at radius 3 is 1.15 bits per heavy atom. The second-order valence-corrected chi connectivity index (χ2v) is 8.82. The zero-order valence-corrected chi connectivity index (χ0v) is 19.8. The smallest absolute Gasteiger partial charge is 0.0410 e. The highest BCUT2D eigenvalue weighted by atomic mass is 15.2. The monoisotopic (exact) mass is 446 g/mol. The van der Waals surface area contributed by atoms with Gasteiger partial charge in [0.05, 0.1) is 0 Å². The molecule has 172 valence electrons. The van der Waals surface area contributed by atoms with Crippen molar-refractivity contribution in [1.29, 1.82) is 0 Å². The Kier molecular flexibility index (Phi) is 8.84. The predicted octanol–water partition coefficient (Wildman–Crippen LogP) is 6.95. The molecule has 0 fully saturated rings. The van der Waals surface area contributed by atoms with Gasteiger partial charge in [0.2, 0.25) is 0 Å². The fraction of sp³-hybridized carbons (Fsp3) is 0.188. The van der Waals surface area contributed by atoms with Crippen molar-refractivity contribution < 1.29 is 0 Å². The Balaban J connectivity index is 1.57. The van der Waals surface area contributed by atoms with E-state index in [1.807, 2.05) is 0 Å². The Morgan fingerprint density at radius 1 is 0.500 bits per heavy atom. The van der Waals surface area contributed by atoms with Crippen LogP contribution in [0.3, 0.4) is 0 Å². The zero-order chi connectivity index (χ0) is 23.4. The molecule has 4 rings (SSSR count). The molecular formula is C32H34N2. The Hall–Kier alpha value is -3.46. The van der Waals surface area contributed by atoms with Gasteiger partial charge in [0.25, 0.3) is 0 Å². The molecule has 0 heterocycles. The van der Waals surface area contributed by atoms with Crippen LogP contribution in [0.25, 0.3) is 0 Å². The number of benzene rings is 4. The van der Waals surface area contributed by atoms with Crippen LogP contribution in [0.15, 0.2) is 134 Å². The van der Waals surface area contributed by atoms with Crippen molar-refractivity contribution in [3.8, 4) is 0 Å². The first-order valence-corrected chi connectivity index (χ1v) is 12.0. The second-order valence-electron chi connectivity index (χ2n) is 8.82. The molecule has 0 aliphatic carbocycles. The summed E-state index contributed by atoms with van der Waals surface area (Å²) in [6, 6.07) is 43.2. The summed E-state index contributed by atoms with van der Waals surface area (Å²) in [7, 11) is 0. The molecule has 0 radical (unpaired) electrons. The van der Waals surface area contributed by atoms with Crippen molar-refractivity contribution in [1.82, 2.24) is 9.80 Å². The lowest BCUT2D eigenvalue weighted by Gasteiger charge is -2.34. The van der Waals surface area contributed by atoms with E-state index in [9.17, 15) is 0 Å². The molecule has 0 spiro atoms. The molecule has 34 heavy (non-hydrogen) atoms. The van der Waals surface area contributed by atoms with Gasteiger partial charge in [0, 0.05) is 38.8 Å². The van der Waals surface area contributed by atoms with Gasteiger partial charge in [-0.15, -0.1) is 6.58 Å². The van der Waals surface area contributed by atoms with Gasteiger partial charge in [-0.1, -0.05) is 127 Å². The lowest BCUT2D eigenvalue weighted by Crippen LogP contribution is -2.42. The Morgan fingerprint density at radius 2 is 0.824 bits per heavy atom. The van der Waals surface area contributed by atoms with E-state index < -0.39 is 0 Å². The second kappa shape index (κ2) is 12.7. The number of nitrogens with zero attached hydrogens (tertiary/aromatic N) is 2. The molecule has 0 aliphatic heterocycles. The van der Waals surface area contributed by atoms with E-state index in [1.54, 1.807) is 0 Å². The molecule has 0 aliphatic rings.